The van der Waals surface area contributed by atoms with Crippen LogP contribution < -0.4 is 5.32 Å². The van der Waals surface area contributed by atoms with Gasteiger partial charge in [0.1, 0.15) is 0 Å². The summed E-state index contributed by atoms with van der Waals surface area (Å²) in [6.07, 6.45) is 7.21. The quantitative estimate of drug-likeness (QED) is 0.623. The van der Waals surface area contributed by atoms with Crippen molar-refractivity contribution in [1.82, 2.24) is 5.32 Å². The molecule has 3 nitrogen and oxygen atoms in total. The van der Waals surface area contributed by atoms with Crippen molar-refractivity contribution < 1.29 is 9.53 Å². The molecule has 0 saturated heterocycles. The molecule has 1 aromatic carbocycles. The third-order valence-electron chi connectivity index (χ3n) is 5.61. The third-order valence-corrected chi connectivity index (χ3v) is 5.61. The Hall–Kier alpha value is -1.77. The number of rotatable bonds is 7. The van der Waals surface area contributed by atoms with E-state index in [1.54, 1.807) is 0 Å². The first-order chi connectivity index (χ1) is 12.3. The van der Waals surface area contributed by atoms with Crippen molar-refractivity contribution in [3.63, 3.8) is 0 Å². The van der Waals surface area contributed by atoms with Crippen molar-refractivity contribution in [2.75, 3.05) is 6.61 Å². The SMILES string of the molecule is C=C(C)c1cccc(C(C)(C)NC(=O)OCC2CCC(CCC)CC2)c1. The van der Waals surface area contributed by atoms with Gasteiger partial charge in [-0.1, -0.05) is 63.0 Å². The molecule has 2 rings (SSSR count). The first-order valence-electron chi connectivity index (χ1n) is 10.0. The van der Waals surface area contributed by atoms with Crippen LogP contribution in [0.3, 0.4) is 0 Å². The highest BCUT2D eigenvalue weighted by Crippen LogP contribution is 2.31. The van der Waals surface area contributed by atoms with Crippen LogP contribution >= 0.6 is 0 Å². The molecule has 0 aliphatic heterocycles. The second kappa shape index (κ2) is 9.25. The number of ether oxygens (including phenoxy) is 1. The van der Waals surface area contributed by atoms with Crippen molar-refractivity contribution in [1.29, 1.82) is 0 Å². The first kappa shape index (κ1) is 20.5. The number of benzene rings is 1. The van der Waals surface area contributed by atoms with E-state index >= 15 is 0 Å². The number of hydrogen-bond donors (Lipinski definition) is 1. The summed E-state index contributed by atoms with van der Waals surface area (Å²) >= 11 is 0. The molecule has 1 amide bonds. The van der Waals surface area contributed by atoms with E-state index in [-0.39, 0.29) is 6.09 Å². The van der Waals surface area contributed by atoms with Gasteiger partial charge in [0, 0.05) is 0 Å². The Morgan fingerprint density at radius 3 is 2.50 bits per heavy atom. The number of nitrogens with one attached hydrogen (secondary N) is 1. The predicted octanol–water partition coefficient (Wildman–Crippen LogP) is 6.29. The zero-order valence-electron chi connectivity index (χ0n) is 16.9. The highest BCUT2D eigenvalue weighted by molar-refractivity contribution is 5.69. The van der Waals surface area contributed by atoms with Crippen LogP contribution in [0, 0.1) is 11.8 Å². The third kappa shape index (κ3) is 5.89. The van der Waals surface area contributed by atoms with Gasteiger partial charge < -0.3 is 10.1 Å². The Kier molecular flexibility index (Phi) is 7.31. The molecule has 3 heteroatoms. The number of amides is 1. The summed E-state index contributed by atoms with van der Waals surface area (Å²) in [7, 11) is 0. The van der Waals surface area contributed by atoms with Crippen molar-refractivity contribution in [2.24, 2.45) is 11.8 Å². The number of hydrogen-bond acceptors (Lipinski definition) is 2. The Labute approximate surface area is 159 Å². The fraction of sp³-hybridized carbons (Fsp3) is 0.609. The summed E-state index contributed by atoms with van der Waals surface area (Å²) < 4.78 is 5.54. The molecule has 0 radical (unpaired) electrons. The van der Waals surface area contributed by atoms with Gasteiger partial charge in [-0.3, -0.25) is 0 Å². The Balaban J connectivity index is 1.83. The molecule has 1 fully saturated rings. The number of carbonyl (C=O) groups excluding carboxylic acids is 1. The lowest BCUT2D eigenvalue weighted by molar-refractivity contribution is 0.101. The van der Waals surface area contributed by atoms with Crippen LogP contribution in [0.2, 0.25) is 0 Å². The monoisotopic (exact) mass is 357 g/mol. The molecule has 26 heavy (non-hydrogen) atoms. The number of carbonyl (C=O) groups is 1. The molecule has 144 valence electrons. The molecule has 1 aliphatic rings. The summed E-state index contributed by atoms with van der Waals surface area (Å²) in [6.45, 7) is 12.8. The van der Waals surface area contributed by atoms with Gasteiger partial charge in [-0.15, -0.1) is 0 Å². The Morgan fingerprint density at radius 2 is 1.88 bits per heavy atom. The largest absolute Gasteiger partial charge is 0.449 e. The molecule has 1 aliphatic carbocycles. The van der Waals surface area contributed by atoms with E-state index in [0.29, 0.717) is 12.5 Å². The van der Waals surface area contributed by atoms with Crippen LogP contribution in [0.25, 0.3) is 5.57 Å². The van der Waals surface area contributed by atoms with E-state index in [9.17, 15) is 4.79 Å². The lowest BCUT2D eigenvalue weighted by Gasteiger charge is -2.30. The average molecular weight is 358 g/mol. The molecule has 0 unspecified atom stereocenters. The predicted molar refractivity (Wildman–Crippen MR) is 109 cm³/mol. The van der Waals surface area contributed by atoms with Crippen LogP contribution in [0.5, 0.6) is 0 Å². The second-order valence-electron chi connectivity index (χ2n) is 8.39. The molecule has 0 atom stereocenters. The minimum atomic E-state index is -0.485. The number of alkyl carbamates (subject to hydrolysis) is 1. The molecular formula is C23H35NO2. The summed E-state index contributed by atoms with van der Waals surface area (Å²) in [6, 6.07) is 8.15. The zero-order valence-corrected chi connectivity index (χ0v) is 16.9. The molecule has 0 aromatic heterocycles. The summed E-state index contributed by atoms with van der Waals surface area (Å²) in [5.41, 5.74) is 2.68. The van der Waals surface area contributed by atoms with Crippen LogP contribution in [-0.4, -0.2) is 12.7 Å². The Morgan fingerprint density at radius 1 is 1.23 bits per heavy atom. The van der Waals surface area contributed by atoms with E-state index < -0.39 is 5.54 Å². The highest BCUT2D eigenvalue weighted by Gasteiger charge is 2.26. The fourth-order valence-corrected chi connectivity index (χ4v) is 3.83. The lowest BCUT2D eigenvalue weighted by Crippen LogP contribution is -2.42. The van der Waals surface area contributed by atoms with Gasteiger partial charge in [-0.2, -0.15) is 0 Å². The molecule has 0 bridgehead atoms. The molecule has 1 aromatic rings. The van der Waals surface area contributed by atoms with Crippen molar-refractivity contribution in [2.45, 2.75) is 71.8 Å². The zero-order chi connectivity index (χ0) is 19.2. The lowest BCUT2D eigenvalue weighted by atomic mass is 9.80. The van der Waals surface area contributed by atoms with E-state index in [4.69, 9.17) is 4.74 Å². The summed E-state index contributed by atoms with van der Waals surface area (Å²) in [5, 5.41) is 3.02. The minimum absolute atomic E-state index is 0.327. The molecular weight excluding hydrogens is 322 g/mol. The van der Waals surface area contributed by atoms with Crippen LogP contribution in [0.4, 0.5) is 4.79 Å². The van der Waals surface area contributed by atoms with Gasteiger partial charge in [-0.25, -0.2) is 4.79 Å². The maximum atomic E-state index is 12.3. The summed E-state index contributed by atoms with van der Waals surface area (Å²) in [5.74, 6) is 1.40. The minimum Gasteiger partial charge on any atom is -0.449 e. The molecule has 1 saturated carbocycles. The summed E-state index contributed by atoms with van der Waals surface area (Å²) in [4.78, 5) is 12.3. The maximum Gasteiger partial charge on any atom is 0.407 e. The van der Waals surface area contributed by atoms with E-state index in [2.05, 4.69) is 24.9 Å². The average Bonchev–Trinajstić information content (AvgIpc) is 2.61. The van der Waals surface area contributed by atoms with Crippen molar-refractivity contribution >= 4 is 11.7 Å². The van der Waals surface area contributed by atoms with Gasteiger partial charge >= 0.3 is 6.09 Å². The van der Waals surface area contributed by atoms with Crippen LogP contribution in [0.15, 0.2) is 30.8 Å². The van der Waals surface area contributed by atoms with Crippen molar-refractivity contribution in [3.8, 4) is 0 Å². The van der Waals surface area contributed by atoms with Crippen molar-refractivity contribution in [3.05, 3.63) is 42.0 Å². The fourth-order valence-electron chi connectivity index (χ4n) is 3.83. The highest BCUT2D eigenvalue weighted by atomic mass is 16.5. The Bertz CT molecular complexity index is 612. The van der Waals surface area contributed by atoms with Gasteiger partial charge in [0.25, 0.3) is 0 Å². The normalized spacial score (nSPS) is 20.5. The van der Waals surface area contributed by atoms with Gasteiger partial charge in [0.15, 0.2) is 0 Å². The topological polar surface area (TPSA) is 38.3 Å². The smallest absolute Gasteiger partial charge is 0.407 e. The number of allylic oxidation sites excluding steroid dienone is 1. The molecule has 1 N–H and O–H groups in total. The molecule has 0 spiro atoms. The first-order valence-corrected chi connectivity index (χ1v) is 10.0. The van der Waals surface area contributed by atoms with E-state index in [1.807, 2.05) is 39.0 Å². The van der Waals surface area contributed by atoms with Crippen LogP contribution in [-0.2, 0) is 10.3 Å². The standard InChI is InChI=1S/C23H35NO2/c1-6-8-18-11-13-19(14-12-18)16-26-22(25)24-23(4,5)21-10-7-9-20(15-21)17(2)3/h7,9-10,15,18-19H,2,6,8,11-14,16H2,1,3-5H3,(H,24,25). The van der Waals surface area contributed by atoms with E-state index in [0.717, 1.165) is 22.6 Å². The van der Waals surface area contributed by atoms with Gasteiger partial charge in [0.2, 0.25) is 0 Å². The second-order valence-corrected chi connectivity index (χ2v) is 8.39. The molecule has 0 heterocycles. The van der Waals surface area contributed by atoms with E-state index in [1.165, 1.54) is 38.5 Å². The van der Waals surface area contributed by atoms with Gasteiger partial charge in [0.05, 0.1) is 12.1 Å². The van der Waals surface area contributed by atoms with Crippen LogP contribution in [0.1, 0.15) is 77.3 Å². The maximum absolute atomic E-state index is 12.3. The van der Waals surface area contributed by atoms with Gasteiger partial charge in [-0.05, 0) is 62.6 Å².